The Hall–Kier alpha value is -0.260. The van der Waals surface area contributed by atoms with Crippen molar-refractivity contribution in [3.63, 3.8) is 0 Å². The predicted octanol–water partition coefficient (Wildman–Crippen LogP) is 7.39. The summed E-state index contributed by atoms with van der Waals surface area (Å²) in [6, 6.07) is 0. The van der Waals surface area contributed by atoms with Crippen molar-refractivity contribution in [3.05, 3.63) is 11.6 Å². The maximum atomic E-state index is 2.73. The van der Waals surface area contributed by atoms with Crippen LogP contribution in [0.4, 0.5) is 0 Å². The molecule has 0 aromatic heterocycles. The van der Waals surface area contributed by atoms with Gasteiger partial charge in [-0.05, 0) is 90.3 Å². The molecule has 0 aliphatic heterocycles. The summed E-state index contributed by atoms with van der Waals surface area (Å²) in [5.41, 5.74) is 4.26. The van der Waals surface area contributed by atoms with Gasteiger partial charge in [-0.2, -0.15) is 0 Å². The fourth-order valence-electron chi connectivity index (χ4n) is 8.48. The molecule has 136 valence electrons. The van der Waals surface area contributed by atoms with Gasteiger partial charge in [-0.1, -0.05) is 60.1 Å². The van der Waals surface area contributed by atoms with Crippen LogP contribution in [-0.4, -0.2) is 0 Å². The Morgan fingerprint density at radius 1 is 0.792 bits per heavy atom. The molecule has 4 rings (SSSR count). The van der Waals surface area contributed by atoms with Gasteiger partial charge in [-0.25, -0.2) is 0 Å². The Labute approximate surface area is 150 Å². The molecule has 0 aromatic carbocycles. The first-order valence-corrected chi connectivity index (χ1v) is 10.7. The molecular formula is C24H40. The standard InChI is InChI=1S/C24H40/c1-17-8-11-21(4)19(16-17)10-13-24(7)22(5)12-9-18(2)20(22,3)14-15-23(21,24)6/h10,17-18H,8-9,11-16H2,1-7H3/t17-,18-,20+,21-,22+,23+,24-/m0/s1. The zero-order valence-corrected chi connectivity index (χ0v) is 17.4. The van der Waals surface area contributed by atoms with Gasteiger partial charge in [0.05, 0.1) is 0 Å². The van der Waals surface area contributed by atoms with Crippen LogP contribution in [0.1, 0.15) is 99.8 Å². The molecule has 0 aromatic rings. The summed E-state index contributed by atoms with van der Waals surface area (Å²) >= 11 is 0. The van der Waals surface area contributed by atoms with E-state index in [1.54, 1.807) is 0 Å². The van der Waals surface area contributed by atoms with Gasteiger partial charge in [0.1, 0.15) is 0 Å². The lowest BCUT2D eigenvalue weighted by atomic mass is 9.31. The number of allylic oxidation sites excluding steroid dienone is 2. The van der Waals surface area contributed by atoms with Crippen LogP contribution in [0.2, 0.25) is 0 Å². The SMILES string of the molecule is C[C@H]1CC[C@@]2(C)C(=CC[C@]3(C)[C@]2(C)CC[C@]2(C)[C@@H](C)CC[C@@]32C)C1. The summed E-state index contributed by atoms with van der Waals surface area (Å²) in [6.45, 7) is 18.4. The fraction of sp³-hybridized carbons (Fsp3) is 0.917. The molecule has 0 radical (unpaired) electrons. The van der Waals surface area contributed by atoms with Gasteiger partial charge in [0, 0.05) is 0 Å². The van der Waals surface area contributed by atoms with Crippen LogP contribution in [0.3, 0.4) is 0 Å². The van der Waals surface area contributed by atoms with Crippen molar-refractivity contribution in [1.29, 1.82) is 0 Å². The third-order valence-corrected chi connectivity index (χ3v) is 11.4. The molecule has 0 unspecified atom stereocenters. The lowest BCUT2D eigenvalue weighted by Gasteiger charge is -2.73. The maximum absolute atomic E-state index is 2.73. The molecule has 0 nitrogen and oxygen atoms in total. The molecule has 7 atom stereocenters. The molecule has 3 saturated carbocycles. The van der Waals surface area contributed by atoms with E-state index in [1.807, 2.05) is 5.57 Å². The molecule has 4 aliphatic rings. The Morgan fingerprint density at radius 3 is 2.21 bits per heavy atom. The highest BCUT2D eigenvalue weighted by Gasteiger charge is 2.72. The normalized spacial score (nSPS) is 60.0. The van der Waals surface area contributed by atoms with Gasteiger partial charge in [-0.3, -0.25) is 0 Å². The van der Waals surface area contributed by atoms with Crippen LogP contribution < -0.4 is 0 Å². The third kappa shape index (κ3) is 1.59. The zero-order valence-electron chi connectivity index (χ0n) is 17.4. The maximum Gasteiger partial charge on any atom is -0.00569 e. The van der Waals surface area contributed by atoms with Crippen LogP contribution in [0, 0.1) is 38.9 Å². The molecule has 0 saturated heterocycles. The predicted molar refractivity (Wildman–Crippen MR) is 104 cm³/mol. The second-order valence-electron chi connectivity index (χ2n) is 11.5. The van der Waals surface area contributed by atoms with Crippen molar-refractivity contribution in [2.45, 2.75) is 99.8 Å². The van der Waals surface area contributed by atoms with Crippen molar-refractivity contribution < 1.29 is 0 Å². The van der Waals surface area contributed by atoms with E-state index in [4.69, 9.17) is 0 Å². The molecule has 0 amide bonds. The Kier molecular flexibility index (Phi) is 3.37. The van der Waals surface area contributed by atoms with E-state index in [0.717, 1.165) is 11.8 Å². The van der Waals surface area contributed by atoms with Gasteiger partial charge >= 0.3 is 0 Å². The average Bonchev–Trinajstić information content (AvgIpc) is 2.77. The smallest absolute Gasteiger partial charge is 0.00569 e. The minimum absolute atomic E-state index is 0.447. The third-order valence-electron chi connectivity index (χ3n) is 11.4. The molecule has 0 spiro atoms. The van der Waals surface area contributed by atoms with E-state index in [2.05, 4.69) is 54.5 Å². The zero-order chi connectivity index (χ0) is 17.6. The van der Waals surface area contributed by atoms with Crippen LogP contribution in [0.5, 0.6) is 0 Å². The van der Waals surface area contributed by atoms with Gasteiger partial charge in [0.25, 0.3) is 0 Å². The molecule has 4 aliphatic carbocycles. The van der Waals surface area contributed by atoms with Gasteiger partial charge in [0.2, 0.25) is 0 Å². The van der Waals surface area contributed by atoms with E-state index < -0.39 is 0 Å². The summed E-state index contributed by atoms with van der Waals surface area (Å²) in [5, 5.41) is 0. The highest BCUT2D eigenvalue weighted by Crippen LogP contribution is 2.80. The first kappa shape index (κ1) is 17.2. The Balaban J connectivity index is 1.88. The van der Waals surface area contributed by atoms with Crippen molar-refractivity contribution in [3.8, 4) is 0 Å². The highest BCUT2D eigenvalue weighted by atomic mass is 14.8. The van der Waals surface area contributed by atoms with E-state index in [-0.39, 0.29) is 0 Å². The van der Waals surface area contributed by atoms with Crippen LogP contribution in [0.15, 0.2) is 11.6 Å². The molecule has 3 fully saturated rings. The van der Waals surface area contributed by atoms with E-state index >= 15 is 0 Å². The monoisotopic (exact) mass is 328 g/mol. The largest absolute Gasteiger partial charge is 0.0842 e. The fourth-order valence-corrected chi connectivity index (χ4v) is 8.48. The summed E-state index contributed by atoms with van der Waals surface area (Å²) in [4.78, 5) is 0. The summed E-state index contributed by atoms with van der Waals surface area (Å²) in [5.74, 6) is 1.79. The van der Waals surface area contributed by atoms with Gasteiger partial charge < -0.3 is 0 Å². The summed E-state index contributed by atoms with van der Waals surface area (Å²) in [6.07, 6.45) is 14.1. The second-order valence-corrected chi connectivity index (χ2v) is 11.5. The van der Waals surface area contributed by atoms with Crippen molar-refractivity contribution in [2.75, 3.05) is 0 Å². The van der Waals surface area contributed by atoms with Crippen LogP contribution >= 0.6 is 0 Å². The van der Waals surface area contributed by atoms with Crippen LogP contribution in [-0.2, 0) is 0 Å². The molecule has 0 heterocycles. The Bertz CT molecular complexity index is 587. The lowest BCUT2D eigenvalue weighted by Crippen LogP contribution is -2.65. The number of hydrogen-bond acceptors (Lipinski definition) is 0. The Morgan fingerprint density at radius 2 is 1.50 bits per heavy atom. The molecule has 0 bridgehead atoms. The van der Waals surface area contributed by atoms with E-state index in [9.17, 15) is 0 Å². The van der Waals surface area contributed by atoms with E-state index in [1.165, 1.54) is 51.4 Å². The summed E-state index contributed by atoms with van der Waals surface area (Å²) < 4.78 is 0. The highest BCUT2D eigenvalue weighted by molar-refractivity contribution is 5.33. The quantitative estimate of drug-likeness (QED) is 0.407. The summed E-state index contributed by atoms with van der Waals surface area (Å²) in [7, 11) is 0. The van der Waals surface area contributed by atoms with Crippen molar-refractivity contribution >= 4 is 0 Å². The minimum atomic E-state index is 0.447. The first-order valence-electron chi connectivity index (χ1n) is 10.7. The van der Waals surface area contributed by atoms with Crippen LogP contribution in [0.25, 0.3) is 0 Å². The molecule has 0 N–H and O–H groups in total. The van der Waals surface area contributed by atoms with Gasteiger partial charge in [-0.15, -0.1) is 0 Å². The number of rotatable bonds is 0. The van der Waals surface area contributed by atoms with E-state index in [0.29, 0.717) is 27.1 Å². The second kappa shape index (κ2) is 4.72. The average molecular weight is 329 g/mol. The molecular weight excluding hydrogens is 288 g/mol. The minimum Gasteiger partial charge on any atom is -0.0842 e. The number of hydrogen-bond donors (Lipinski definition) is 0. The van der Waals surface area contributed by atoms with Gasteiger partial charge in [0.15, 0.2) is 0 Å². The number of fused-ring (bicyclic) bond motifs is 5. The molecule has 24 heavy (non-hydrogen) atoms. The lowest BCUT2D eigenvalue weighted by molar-refractivity contribution is -0.218. The first-order chi connectivity index (χ1) is 11.0. The molecule has 0 heteroatoms. The topological polar surface area (TPSA) is 0 Å². The van der Waals surface area contributed by atoms with Crippen molar-refractivity contribution in [1.82, 2.24) is 0 Å². The van der Waals surface area contributed by atoms with Crippen molar-refractivity contribution in [2.24, 2.45) is 38.9 Å².